The number of carbonyl (C=O) groups is 1. The summed E-state index contributed by atoms with van der Waals surface area (Å²) in [7, 11) is 0. The Morgan fingerprint density at radius 1 is 1.14 bits per heavy atom. The number of esters is 1. The van der Waals surface area contributed by atoms with Crippen molar-refractivity contribution in [3.05, 3.63) is 0 Å². The number of rotatable bonds is 11. The lowest BCUT2D eigenvalue weighted by molar-refractivity contribution is -0.162. The first-order valence-electron chi connectivity index (χ1n) is 8.96. The molecule has 1 fully saturated rings. The van der Waals surface area contributed by atoms with Gasteiger partial charge in [0.25, 0.3) is 0 Å². The van der Waals surface area contributed by atoms with E-state index in [1.54, 1.807) is 0 Å². The zero-order valence-corrected chi connectivity index (χ0v) is 14.7. The Labute approximate surface area is 135 Å². The first-order chi connectivity index (χ1) is 10.6. The lowest BCUT2D eigenvalue weighted by Gasteiger charge is -2.22. The van der Waals surface area contributed by atoms with Crippen LogP contribution in [0.15, 0.2) is 0 Å². The molecule has 1 unspecified atom stereocenters. The average Bonchev–Trinajstić information content (AvgIpc) is 2.51. The lowest BCUT2D eigenvalue weighted by Crippen LogP contribution is -2.26. The van der Waals surface area contributed by atoms with E-state index in [-0.39, 0.29) is 17.7 Å². The van der Waals surface area contributed by atoms with Gasteiger partial charge in [0.2, 0.25) is 0 Å². The molecule has 1 heterocycles. The van der Waals surface area contributed by atoms with E-state index in [2.05, 4.69) is 0 Å². The van der Waals surface area contributed by atoms with Crippen LogP contribution in [0, 0.1) is 5.41 Å². The number of ether oxygens (including phenoxy) is 3. The van der Waals surface area contributed by atoms with Crippen molar-refractivity contribution >= 4 is 5.97 Å². The largest absolute Gasteiger partial charge is 0.466 e. The van der Waals surface area contributed by atoms with E-state index in [1.807, 2.05) is 20.8 Å². The third-order valence-corrected chi connectivity index (χ3v) is 4.22. The standard InChI is InChI=1S/C18H34O4/c1-4-20-17(19)18(2,3)13-9-6-5-7-10-14-21-16-12-8-11-15-22-16/h16H,4-15H2,1-3H3. The van der Waals surface area contributed by atoms with Gasteiger partial charge in [-0.25, -0.2) is 0 Å². The first kappa shape index (κ1) is 19.4. The van der Waals surface area contributed by atoms with Crippen LogP contribution in [0.1, 0.15) is 78.6 Å². The molecule has 1 aliphatic rings. The van der Waals surface area contributed by atoms with Crippen LogP contribution in [-0.4, -0.2) is 32.1 Å². The Kier molecular flexibility index (Phi) is 9.73. The molecule has 0 aromatic rings. The summed E-state index contributed by atoms with van der Waals surface area (Å²) < 4.78 is 16.4. The van der Waals surface area contributed by atoms with Crippen LogP contribution in [0.4, 0.5) is 0 Å². The predicted molar refractivity (Wildman–Crippen MR) is 87.7 cm³/mol. The summed E-state index contributed by atoms with van der Waals surface area (Å²) >= 11 is 0. The van der Waals surface area contributed by atoms with Gasteiger partial charge in [0.15, 0.2) is 6.29 Å². The summed E-state index contributed by atoms with van der Waals surface area (Å²) in [6, 6.07) is 0. The molecule has 22 heavy (non-hydrogen) atoms. The fraction of sp³-hybridized carbons (Fsp3) is 0.944. The van der Waals surface area contributed by atoms with Crippen molar-refractivity contribution < 1.29 is 19.0 Å². The predicted octanol–water partition coefficient (Wildman–Crippen LogP) is 4.46. The van der Waals surface area contributed by atoms with E-state index in [0.717, 1.165) is 38.9 Å². The fourth-order valence-electron chi connectivity index (χ4n) is 2.69. The molecule has 0 aromatic carbocycles. The molecule has 0 aliphatic carbocycles. The van der Waals surface area contributed by atoms with Gasteiger partial charge in [0, 0.05) is 13.2 Å². The molecule has 0 amide bonds. The second kappa shape index (κ2) is 11.0. The van der Waals surface area contributed by atoms with Crippen LogP contribution in [0.3, 0.4) is 0 Å². The van der Waals surface area contributed by atoms with Crippen LogP contribution in [0.25, 0.3) is 0 Å². The fourth-order valence-corrected chi connectivity index (χ4v) is 2.69. The molecule has 0 N–H and O–H groups in total. The van der Waals surface area contributed by atoms with Crippen molar-refractivity contribution in [3.8, 4) is 0 Å². The van der Waals surface area contributed by atoms with E-state index in [4.69, 9.17) is 14.2 Å². The molecular formula is C18H34O4. The summed E-state index contributed by atoms with van der Waals surface area (Å²) in [5, 5.41) is 0. The molecule has 4 nitrogen and oxygen atoms in total. The average molecular weight is 314 g/mol. The van der Waals surface area contributed by atoms with Gasteiger partial charge in [-0.15, -0.1) is 0 Å². The Morgan fingerprint density at radius 2 is 1.86 bits per heavy atom. The highest BCUT2D eigenvalue weighted by Crippen LogP contribution is 2.25. The maximum Gasteiger partial charge on any atom is 0.311 e. The van der Waals surface area contributed by atoms with Crippen molar-refractivity contribution in [1.29, 1.82) is 0 Å². The van der Waals surface area contributed by atoms with Crippen molar-refractivity contribution in [2.45, 2.75) is 84.8 Å². The summed E-state index contributed by atoms with van der Waals surface area (Å²) in [6.45, 7) is 7.92. The Morgan fingerprint density at radius 3 is 2.55 bits per heavy atom. The minimum absolute atomic E-state index is 0.0409. The monoisotopic (exact) mass is 314 g/mol. The highest BCUT2D eigenvalue weighted by Gasteiger charge is 2.28. The van der Waals surface area contributed by atoms with Crippen LogP contribution in [-0.2, 0) is 19.0 Å². The van der Waals surface area contributed by atoms with E-state index >= 15 is 0 Å². The third kappa shape index (κ3) is 8.14. The van der Waals surface area contributed by atoms with Crippen LogP contribution in [0.2, 0.25) is 0 Å². The number of hydrogen-bond donors (Lipinski definition) is 0. The molecule has 130 valence electrons. The number of unbranched alkanes of at least 4 members (excludes halogenated alkanes) is 4. The molecule has 0 spiro atoms. The minimum atomic E-state index is -0.350. The highest BCUT2D eigenvalue weighted by atomic mass is 16.7. The highest BCUT2D eigenvalue weighted by molar-refractivity contribution is 5.75. The van der Waals surface area contributed by atoms with Gasteiger partial charge in [-0.3, -0.25) is 4.79 Å². The molecule has 0 saturated carbocycles. The molecule has 1 atom stereocenters. The Balaban J connectivity index is 1.93. The van der Waals surface area contributed by atoms with Gasteiger partial charge in [-0.2, -0.15) is 0 Å². The van der Waals surface area contributed by atoms with E-state index < -0.39 is 0 Å². The number of carbonyl (C=O) groups excluding carboxylic acids is 1. The molecule has 1 rings (SSSR count). The van der Waals surface area contributed by atoms with E-state index in [1.165, 1.54) is 32.1 Å². The smallest absolute Gasteiger partial charge is 0.311 e. The van der Waals surface area contributed by atoms with Gasteiger partial charge in [0.05, 0.1) is 12.0 Å². The quantitative estimate of drug-likeness (QED) is 0.417. The van der Waals surface area contributed by atoms with Gasteiger partial charge < -0.3 is 14.2 Å². The summed E-state index contributed by atoms with van der Waals surface area (Å²) in [5.74, 6) is -0.0733. The minimum Gasteiger partial charge on any atom is -0.466 e. The summed E-state index contributed by atoms with van der Waals surface area (Å²) in [4.78, 5) is 11.8. The van der Waals surface area contributed by atoms with E-state index in [9.17, 15) is 4.79 Å². The maximum absolute atomic E-state index is 11.8. The second-order valence-electron chi connectivity index (χ2n) is 6.79. The van der Waals surface area contributed by atoms with E-state index in [0.29, 0.717) is 6.61 Å². The zero-order chi connectivity index (χ0) is 16.3. The van der Waals surface area contributed by atoms with Crippen molar-refractivity contribution in [1.82, 2.24) is 0 Å². The first-order valence-corrected chi connectivity index (χ1v) is 8.96. The topological polar surface area (TPSA) is 44.8 Å². The SMILES string of the molecule is CCOC(=O)C(C)(C)CCCCCCCOC1CCCCO1. The summed E-state index contributed by atoms with van der Waals surface area (Å²) in [6.07, 6.45) is 10.1. The summed E-state index contributed by atoms with van der Waals surface area (Å²) in [5.41, 5.74) is -0.350. The molecule has 1 aliphatic heterocycles. The lowest BCUT2D eigenvalue weighted by atomic mass is 9.87. The zero-order valence-electron chi connectivity index (χ0n) is 14.7. The van der Waals surface area contributed by atoms with Crippen LogP contribution in [0.5, 0.6) is 0 Å². The third-order valence-electron chi connectivity index (χ3n) is 4.22. The molecule has 4 heteroatoms. The van der Waals surface area contributed by atoms with Gasteiger partial charge in [-0.05, 0) is 52.9 Å². The molecular weight excluding hydrogens is 280 g/mol. The Bertz CT molecular complexity index is 295. The van der Waals surface area contributed by atoms with Crippen molar-refractivity contribution in [2.75, 3.05) is 19.8 Å². The number of hydrogen-bond acceptors (Lipinski definition) is 4. The Hall–Kier alpha value is -0.610. The van der Waals surface area contributed by atoms with Gasteiger partial charge in [0.1, 0.15) is 0 Å². The molecule has 1 saturated heterocycles. The van der Waals surface area contributed by atoms with Crippen LogP contribution >= 0.6 is 0 Å². The van der Waals surface area contributed by atoms with Gasteiger partial charge >= 0.3 is 5.97 Å². The molecule has 0 aromatic heterocycles. The van der Waals surface area contributed by atoms with Crippen molar-refractivity contribution in [2.24, 2.45) is 5.41 Å². The normalized spacial score (nSPS) is 19.1. The maximum atomic E-state index is 11.8. The second-order valence-corrected chi connectivity index (χ2v) is 6.79. The van der Waals surface area contributed by atoms with Crippen molar-refractivity contribution in [3.63, 3.8) is 0 Å². The van der Waals surface area contributed by atoms with Crippen LogP contribution < -0.4 is 0 Å². The molecule has 0 radical (unpaired) electrons. The van der Waals surface area contributed by atoms with Gasteiger partial charge in [-0.1, -0.05) is 25.7 Å². The molecule has 0 bridgehead atoms.